The van der Waals surface area contributed by atoms with E-state index in [4.69, 9.17) is 5.73 Å². The molecule has 5 heteroatoms. The molecule has 0 saturated heterocycles. The van der Waals surface area contributed by atoms with Crippen molar-refractivity contribution in [2.75, 3.05) is 17.1 Å². The van der Waals surface area contributed by atoms with E-state index in [1.165, 1.54) is 4.31 Å². The third-order valence-corrected chi connectivity index (χ3v) is 5.13. The molecule has 1 aromatic carbocycles. The highest BCUT2D eigenvalue weighted by Crippen LogP contribution is 2.34. The monoisotopic (exact) mass is 240 g/mol. The quantitative estimate of drug-likeness (QED) is 0.814. The van der Waals surface area contributed by atoms with E-state index < -0.39 is 10.0 Å². The van der Waals surface area contributed by atoms with Gasteiger partial charge in [0.05, 0.1) is 16.6 Å². The van der Waals surface area contributed by atoms with Crippen molar-refractivity contribution in [2.45, 2.75) is 25.0 Å². The summed E-state index contributed by atoms with van der Waals surface area (Å²) in [5.74, 6) is 0. The van der Waals surface area contributed by atoms with Gasteiger partial charge in [-0.25, -0.2) is 8.42 Å². The Labute approximate surface area is 96.1 Å². The summed E-state index contributed by atoms with van der Waals surface area (Å²) in [6, 6.07) is 5.41. The van der Waals surface area contributed by atoms with Gasteiger partial charge in [-0.2, -0.15) is 0 Å². The Morgan fingerprint density at radius 2 is 2.00 bits per heavy atom. The van der Waals surface area contributed by atoms with Crippen molar-refractivity contribution in [3.05, 3.63) is 23.8 Å². The Hall–Kier alpha value is -1.23. The summed E-state index contributed by atoms with van der Waals surface area (Å²) in [6.07, 6.45) is 1.52. The number of rotatable bonds is 3. The van der Waals surface area contributed by atoms with Crippen LogP contribution >= 0.6 is 0 Å². The number of hydrogen-bond acceptors (Lipinski definition) is 3. The molecule has 0 spiro atoms. The number of hydrogen-bond donors (Lipinski definition) is 1. The van der Waals surface area contributed by atoms with Gasteiger partial charge in [0.1, 0.15) is 0 Å². The molecule has 1 fully saturated rings. The average molecular weight is 240 g/mol. The van der Waals surface area contributed by atoms with E-state index in [2.05, 4.69) is 0 Å². The fourth-order valence-corrected chi connectivity index (χ4v) is 3.26. The lowest BCUT2D eigenvalue weighted by Gasteiger charge is -2.21. The van der Waals surface area contributed by atoms with Gasteiger partial charge in [-0.05, 0) is 37.5 Å². The highest BCUT2D eigenvalue weighted by atomic mass is 32.2. The lowest BCUT2D eigenvalue weighted by molar-refractivity contribution is 0.593. The van der Waals surface area contributed by atoms with E-state index in [0.29, 0.717) is 11.4 Å². The molecule has 0 radical (unpaired) electrons. The van der Waals surface area contributed by atoms with Gasteiger partial charge < -0.3 is 5.73 Å². The van der Waals surface area contributed by atoms with Crippen molar-refractivity contribution in [3.63, 3.8) is 0 Å². The molecule has 0 amide bonds. The zero-order valence-corrected chi connectivity index (χ0v) is 10.3. The second kappa shape index (κ2) is 3.66. The Kier molecular flexibility index (Phi) is 2.58. The van der Waals surface area contributed by atoms with Crippen LogP contribution in [-0.2, 0) is 10.0 Å². The van der Waals surface area contributed by atoms with Gasteiger partial charge in [0.2, 0.25) is 10.0 Å². The van der Waals surface area contributed by atoms with Crippen LogP contribution < -0.4 is 10.0 Å². The van der Waals surface area contributed by atoms with Gasteiger partial charge in [0.25, 0.3) is 0 Å². The van der Waals surface area contributed by atoms with Gasteiger partial charge >= 0.3 is 0 Å². The van der Waals surface area contributed by atoms with Crippen LogP contribution in [0.25, 0.3) is 0 Å². The van der Waals surface area contributed by atoms with E-state index >= 15 is 0 Å². The smallest absolute Gasteiger partial charge is 0.237 e. The van der Waals surface area contributed by atoms with Gasteiger partial charge in [0.15, 0.2) is 0 Å². The summed E-state index contributed by atoms with van der Waals surface area (Å²) in [5.41, 5.74) is 7.88. The zero-order chi connectivity index (χ0) is 11.9. The highest BCUT2D eigenvalue weighted by Gasteiger charge is 2.39. The van der Waals surface area contributed by atoms with Gasteiger partial charge in [-0.15, -0.1) is 0 Å². The first-order chi connectivity index (χ1) is 7.43. The summed E-state index contributed by atoms with van der Waals surface area (Å²) in [5, 5.41) is -0.211. The van der Waals surface area contributed by atoms with Crippen LogP contribution in [0.4, 0.5) is 11.4 Å². The molecule has 4 nitrogen and oxygen atoms in total. The molecule has 0 bridgehead atoms. The number of nitrogens with zero attached hydrogens (tertiary/aromatic N) is 1. The standard InChI is InChI=1S/C11H16N2O2S/c1-8-3-6-10(12)11(7-8)13(2)16(14,15)9-4-5-9/h3,6-7,9H,4-5,12H2,1-2H3. The van der Waals surface area contributed by atoms with E-state index in [-0.39, 0.29) is 5.25 Å². The fraction of sp³-hybridized carbons (Fsp3) is 0.455. The molecule has 16 heavy (non-hydrogen) atoms. The van der Waals surface area contributed by atoms with Crippen molar-refractivity contribution in [3.8, 4) is 0 Å². The van der Waals surface area contributed by atoms with Crippen LogP contribution in [-0.4, -0.2) is 20.7 Å². The van der Waals surface area contributed by atoms with Gasteiger partial charge in [-0.3, -0.25) is 4.31 Å². The SMILES string of the molecule is Cc1ccc(N)c(N(C)S(=O)(=O)C2CC2)c1. The highest BCUT2D eigenvalue weighted by molar-refractivity contribution is 7.93. The van der Waals surface area contributed by atoms with Gasteiger partial charge in [0, 0.05) is 7.05 Å². The maximum atomic E-state index is 12.0. The summed E-state index contributed by atoms with van der Waals surface area (Å²) >= 11 is 0. The van der Waals surface area contributed by atoms with Crippen LogP contribution in [0.3, 0.4) is 0 Å². The first kappa shape index (κ1) is 11.3. The second-order valence-electron chi connectivity index (χ2n) is 4.27. The topological polar surface area (TPSA) is 63.4 Å². The lowest BCUT2D eigenvalue weighted by atomic mass is 10.2. The molecule has 1 aliphatic carbocycles. The molecular weight excluding hydrogens is 224 g/mol. The molecule has 1 aliphatic rings. The number of nitrogens with two attached hydrogens (primary N) is 1. The number of anilines is 2. The molecule has 0 atom stereocenters. The predicted octanol–water partition coefficient (Wildman–Crippen LogP) is 1.51. The first-order valence-electron chi connectivity index (χ1n) is 5.27. The minimum absolute atomic E-state index is 0.211. The number of nitrogen functional groups attached to an aromatic ring is 1. The van der Waals surface area contributed by atoms with Crippen molar-refractivity contribution in [1.29, 1.82) is 0 Å². The third kappa shape index (κ3) is 1.87. The summed E-state index contributed by atoms with van der Waals surface area (Å²) in [4.78, 5) is 0. The minimum atomic E-state index is -3.20. The predicted molar refractivity (Wildman–Crippen MR) is 65.9 cm³/mol. The number of aryl methyl sites for hydroxylation is 1. The molecule has 2 N–H and O–H groups in total. The maximum Gasteiger partial charge on any atom is 0.237 e. The largest absolute Gasteiger partial charge is 0.397 e. The average Bonchev–Trinajstić information content (AvgIpc) is 3.04. The summed E-state index contributed by atoms with van der Waals surface area (Å²) < 4.78 is 25.4. The normalized spacial score (nSPS) is 16.1. The Morgan fingerprint density at radius 3 is 2.56 bits per heavy atom. The Bertz CT molecular complexity index is 507. The van der Waals surface area contributed by atoms with E-state index in [1.54, 1.807) is 19.2 Å². The van der Waals surface area contributed by atoms with E-state index in [9.17, 15) is 8.42 Å². The van der Waals surface area contributed by atoms with Crippen molar-refractivity contribution in [2.24, 2.45) is 0 Å². The minimum Gasteiger partial charge on any atom is -0.397 e. The van der Waals surface area contributed by atoms with E-state index in [0.717, 1.165) is 18.4 Å². The molecule has 88 valence electrons. The molecule has 0 heterocycles. The second-order valence-corrected chi connectivity index (χ2v) is 6.52. The van der Waals surface area contributed by atoms with Crippen LogP contribution in [0.5, 0.6) is 0 Å². The van der Waals surface area contributed by atoms with Crippen LogP contribution in [0, 0.1) is 6.92 Å². The molecule has 0 aliphatic heterocycles. The summed E-state index contributed by atoms with van der Waals surface area (Å²) in [6.45, 7) is 1.92. The molecular formula is C11H16N2O2S. The zero-order valence-electron chi connectivity index (χ0n) is 9.47. The molecule has 0 aromatic heterocycles. The summed E-state index contributed by atoms with van der Waals surface area (Å²) in [7, 11) is -1.64. The molecule has 1 aromatic rings. The van der Waals surface area contributed by atoms with Crippen LogP contribution in [0.1, 0.15) is 18.4 Å². The molecule has 0 unspecified atom stereocenters. The van der Waals surface area contributed by atoms with Gasteiger partial charge in [-0.1, -0.05) is 6.07 Å². The fourth-order valence-electron chi connectivity index (χ4n) is 1.65. The Morgan fingerprint density at radius 1 is 1.38 bits per heavy atom. The van der Waals surface area contributed by atoms with Crippen molar-refractivity contribution >= 4 is 21.4 Å². The van der Waals surface area contributed by atoms with Crippen LogP contribution in [0.2, 0.25) is 0 Å². The lowest BCUT2D eigenvalue weighted by Crippen LogP contribution is -2.30. The number of sulfonamides is 1. The van der Waals surface area contributed by atoms with Crippen molar-refractivity contribution in [1.82, 2.24) is 0 Å². The van der Waals surface area contributed by atoms with Crippen LogP contribution in [0.15, 0.2) is 18.2 Å². The molecule has 1 saturated carbocycles. The molecule has 2 rings (SSSR count). The maximum absolute atomic E-state index is 12.0. The Balaban J connectivity index is 2.40. The van der Waals surface area contributed by atoms with E-state index in [1.807, 2.05) is 13.0 Å². The van der Waals surface area contributed by atoms with Crippen molar-refractivity contribution < 1.29 is 8.42 Å². The first-order valence-corrected chi connectivity index (χ1v) is 6.77. The third-order valence-electron chi connectivity index (χ3n) is 2.85. The number of benzene rings is 1.